The molecular formula is C12H17FN2O. The summed E-state index contributed by atoms with van der Waals surface area (Å²) in [6.07, 6.45) is 0.367. The second kappa shape index (κ2) is 4.91. The van der Waals surface area contributed by atoms with E-state index in [9.17, 15) is 9.50 Å². The smallest absolute Gasteiger partial charge is 0.123 e. The van der Waals surface area contributed by atoms with Crippen LogP contribution in [0.5, 0.6) is 0 Å². The third-order valence-electron chi connectivity index (χ3n) is 3.00. The van der Waals surface area contributed by atoms with Crippen molar-refractivity contribution in [2.75, 3.05) is 19.6 Å². The van der Waals surface area contributed by atoms with Crippen molar-refractivity contribution in [2.24, 2.45) is 5.73 Å². The number of aliphatic hydroxyl groups excluding tert-OH is 1. The highest BCUT2D eigenvalue weighted by molar-refractivity contribution is 5.29. The molecule has 1 aromatic carbocycles. The summed E-state index contributed by atoms with van der Waals surface area (Å²) in [5.74, 6) is -0.172. The van der Waals surface area contributed by atoms with Crippen molar-refractivity contribution in [1.29, 1.82) is 0 Å². The van der Waals surface area contributed by atoms with Crippen molar-refractivity contribution in [3.63, 3.8) is 0 Å². The predicted molar refractivity (Wildman–Crippen MR) is 60.4 cm³/mol. The summed E-state index contributed by atoms with van der Waals surface area (Å²) in [7, 11) is 0. The molecule has 0 aromatic heterocycles. The van der Waals surface area contributed by atoms with Gasteiger partial charge in [-0.1, -0.05) is 6.07 Å². The standard InChI is InChI=1S/C12H17FN2O/c13-11-2-1-10-7-15(8-12(16)6-14)4-3-9(10)5-11/h1-2,5,12,16H,3-4,6-8,14H2. The van der Waals surface area contributed by atoms with Crippen LogP contribution in [-0.2, 0) is 13.0 Å². The van der Waals surface area contributed by atoms with Crippen LogP contribution in [0.4, 0.5) is 4.39 Å². The van der Waals surface area contributed by atoms with Crippen LogP contribution >= 0.6 is 0 Å². The van der Waals surface area contributed by atoms with Crippen molar-refractivity contribution in [3.8, 4) is 0 Å². The molecule has 1 aliphatic rings. The summed E-state index contributed by atoms with van der Waals surface area (Å²) in [6, 6.07) is 4.92. The van der Waals surface area contributed by atoms with Crippen LogP contribution in [0.2, 0.25) is 0 Å². The fourth-order valence-corrected chi connectivity index (χ4v) is 2.11. The van der Waals surface area contributed by atoms with Gasteiger partial charge in [0.25, 0.3) is 0 Å². The Morgan fingerprint density at radius 1 is 1.44 bits per heavy atom. The van der Waals surface area contributed by atoms with Crippen LogP contribution < -0.4 is 5.73 Å². The Balaban J connectivity index is 2.03. The summed E-state index contributed by atoms with van der Waals surface area (Å²) in [5.41, 5.74) is 7.61. The van der Waals surface area contributed by atoms with Crippen LogP contribution in [0.25, 0.3) is 0 Å². The molecule has 1 aromatic rings. The van der Waals surface area contributed by atoms with Crippen LogP contribution in [-0.4, -0.2) is 35.7 Å². The van der Waals surface area contributed by atoms with E-state index < -0.39 is 6.10 Å². The van der Waals surface area contributed by atoms with E-state index in [1.807, 2.05) is 6.07 Å². The van der Waals surface area contributed by atoms with Gasteiger partial charge in [0.05, 0.1) is 6.10 Å². The second-order valence-corrected chi connectivity index (χ2v) is 4.29. The van der Waals surface area contributed by atoms with E-state index in [-0.39, 0.29) is 12.4 Å². The van der Waals surface area contributed by atoms with Gasteiger partial charge >= 0.3 is 0 Å². The van der Waals surface area contributed by atoms with Crippen LogP contribution in [0.3, 0.4) is 0 Å². The maximum absolute atomic E-state index is 13.0. The molecule has 3 N–H and O–H groups in total. The number of rotatable bonds is 3. The molecule has 0 amide bonds. The second-order valence-electron chi connectivity index (χ2n) is 4.29. The van der Waals surface area contributed by atoms with Crippen molar-refractivity contribution in [1.82, 2.24) is 4.90 Å². The van der Waals surface area contributed by atoms with Gasteiger partial charge in [-0.15, -0.1) is 0 Å². The van der Waals surface area contributed by atoms with Crippen molar-refractivity contribution in [3.05, 3.63) is 35.1 Å². The third kappa shape index (κ3) is 2.58. The lowest BCUT2D eigenvalue weighted by Gasteiger charge is -2.30. The molecule has 1 aliphatic heterocycles. The molecule has 0 fully saturated rings. The molecule has 0 spiro atoms. The van der Waals surface area contributed by atoms with Gasteiger partial charge in [0, 0.05) is 26.2 Å². The number of hydrogen-bond acceptors (Lipinski definition) is 3. The number of aliphatic hydroxyl groups is 1. The minimum absolute atomic E-state index is 0.172. The summed E-state index contributed by atoms with van der Waals surface area (Å²) >= 11 is 0. The predicted octanol–water partition coefficient (Wildman–Crippen LogP) is 0.503. The number of fused-ring (bicyclic) bond motifs is 1. The van der Waals surface area contributed by atoms with E-state index in [0.29, 0.717) is 6.54 Å². The fraction of sp³-hybridized carbons (Fsp3) is 0.500. The summed E-state index contributed by atoms with van der Waals surface area (Å²) in [5, 5.41) is 9.48. The zero-order valence-electron chi connectivity index (χ0n) is 9.19. The van der Waals surface area contributed by atoms with E-state index in [1.54, 1.807) is 6.07 Å². The van der Waals surface area contributed by atoms with E-state index >= 15 is 0 Å². The first-order valence-electron chi connectivity index (χ1n) is 5.57. The number of benzene rings is 1. The van der Waals surface area contributed by atoms with Gasteiger partial charge in [0.1, 0.15) is 5.82 Å². The van der Waals surface area contributed by atoms with Gasteiger partial charge in [-0.3, -0.25) is 4.90 Å². The molecule has 0 saturated carbocycles. The van der Waals surface area contributed by atoms with Crippen molar-refractivity contribution < 1.29 is 9.50 Å². The van der Waals surface area contributed by atoms with Gasteiger partial charge < -0.3 is 10.8 Å². The highest BCUT2D eigenvalue weighted by Gasteiger charge is 2.18. The Bertz CT molecular complexity index is 370. The van der Waals surface area contributed by atoms with Gasteiger partial charge in [-0.25, -0.2) is 4.39 Å². The Hall–Kier alpha value is -0.970. The van der Waals surface area contributed by atoms with Gasteiger partial charge in [0.2, 0.25) is 0 Å². The fourth-order valence-electron chi connectivity index (χ4n) is 2.11. The molecule has 0 saturated heterocycles. The average molecular weight is 224 g/mol. The SMILES string of the molecule is NCC(O)CN1CCc2cc(F)ccc2C1. The molecule has 1 atom stereocenters. The molecule has 1 heterocycles. The Labute approximate surface area is 94.7 Å². The first-order chi connectivity index (χ1) is 7.69. The molecule has 3 nitrogen and oxygen atoms in total. The molecule has 0 radical (unpaired) electrons. The maximum Gasteiger partial charge on any atom is 0.123 e. The van der Waals surface area contributed by atoms with Crippen molar-refractivity contribution in [2.45, 2.75) is 19.1 Å². The van der Waals surface area contributed by atoms with Crippen LogP contribution in [0, 0.1) is 5.82 Å². The van der Waals surface area contributed by atoms with E-state index in [4.69, 9.17) is 5.73 Å². The summed E-state index contributed by atoms with van der Waals surface area (Å²) in [6.45, 7) is 2.50. The molecule has 1 unspecified atom stereocenters. The highest BCUT2D eigenvalue weighted by atomic mass is 19.1. The first-order valence-corrected chi connectivity index (χ1v) is 5.57. The molecule has 16 heavy (non-hydrogen) atoms. The molecule has 0 bridgehead atoms. The van der Waals surface area contributed by atoms with Gasteiger partial charge in [0.15, 0.2) is 0 Å². The Kier molecular flexibility index (Phi) is 3.53. The third-order valence-corrected chi connectivity index (χ3v) is 3.00. The number of nitrogens with two attached hydrogens (primary N) is 1. The molecule has 88 valence electrons. The minimum Gasteiger partial charge on any atom is -0.390 e. The summed E-state index contributed by atoms with van der Waals surface area (Å²) in [4.78, 5) is 2.15. The Morgan fingerprint density at radius 2 is 2.25 bits per heavy atom. The zero-order chi connectivity index (χ0) is 11.5. The Morgan fingerprint density at radius 3 is 3.00 bits per heavy atom. The molecular weight excluding hydrogens is 207 g/mol. The van der Waals surface area contributed by atoms with Gasteiger partial charge in [-0.2, -0.15) is 0 Å². The maximum atomic E-state index is 13.0. The number of halogens is 1. The van der Waals surface area contributed by atoms with E-state index in [2.05, 4.69) is 4.90 Å². The first kappa shape index (κ1) is 11.5. The van der Waals surface area contributed by atoms with Gasteiger partial charge in [-0.05, 0) is 29.7 Å². The van der Waals surface area contributed by atoms with Crippen molar-refractivity contribution >= 4 is 0 Å². The summed E-state index contributed by atoms with van der Waals surface area (Å²) < 4.78 is 13.0. The van der Waals surface area contributed by atoms with E-state index in [1.165, 1.54) is 6.07 Å². The zero-order valence-corrected chi connectivity index (χ0v) is 9.19. The topological polar surface area (TPSA) is 49.5 Å². The quantitative estimate of drug-likeness (QED) is 0.786. The monoisotopic (exact) mass is 224 g/mol. The average Bonchev–Trinajstić information content (AvgIpc) is 2.29. The number of hydrogen-bond donors (Lipinski definition) is 2. The normalized spacial score (nSPS) is 18.2. The van der Waals surface area contributed by atoms with Crippen LogP contribution in [0.15, 0.2) is 18.2 Å². The molecule has 0 aliphatic carbocycles. The van der Waals surface area contributed by atoms with E-state index in [0.717, 1.165) is 30.6 Å². The number of β-amino-alcohol motifs (C(OH)–C–C–N with tert-alkyl or cyclic N) is 1. The minimum atomic E-state index is -0.470. The van der Waals surface area contributed by atoms with Crippen LogP contribution in [0.1, 0.15) is 11.1 Å². The lowest BCUT2D eigenvalue weighted by Crippen LogP contribution is -2.39. The molecule has 2 rings (SSSR count). The molecule has 4 heteroatoms. The number of nitrogens with zero attached hydrogens (tertiary/aromatic N) is 1. The highest BCUT2D eigenvalue weighted by Crippen LogP contribution is 2.19. The lowest BCUT2D eigenvalue weighted by molar-refractivity contribution is 0.111. The largest absolute Gasteiger partial charge is 0.390 e. The lowest BCUT2D eigenvalue weighted by atomic mass is 9.99.